The number of amides is 3. The van der Waals surface area contributed by atoms with E-state index in [0.717, 1.165) is 0 Å². The number of aliphatic imine (C=N–C) groups is 1. The molecule has 0 aliphatic heterocycles. The van der Waals surface area contributed by atoms with Gasteiger partial charge in [-0.1, -0.05) is 13.8 Å². The number of carboxylic acid groups (broad SMARTS) is 1. The molecule has 2 aromatic rings. The van der Waals surface area contributed by atoms with Gasteiger partial charge in [-0.3, -0.25) is 19.4 Å². The van der Waals surface area contributed by atoms with Crippen molar-refractivity contribution in [2.75, 3.05) is 6.54 Å². The van der Waals surface area contributed by atoms with Crippen LogP contribution in [0.5, 0.6) is 0 Å². The first-order chi connectivity index (χ1) is 19.0. The predicted molar refractivity (Wildman–Crippen MR) is 145 cm³/mol. The quantitative estimate of drug-likeness (QED) is 0.0575. The van der Waals surface area contributed by atoms with Crippen LogP contribution in [0.2, 0.25) is 0 Å². The summed E-state index contributed by atoms with van der Waals surface area (Å²) in [6, 6.07) is -4.38. The zero-order valence-electron chi connectivity index (χ0n) is 22.6. The number of hydrogen-bond donors (Lipinski definition) is 9. The van der Waals surface area contributed by atoms with Crippen LogP contribution < -0.4 is 33.2 Å². The zero-order valence-corrected chi connectivity index (χ0v) is 22.6. The fourth-order valence-electron chi connectivity index (χ4n) is 3.85. The first-order valence-electron chi connectivity index (χ1n) is 12.9. The molecule has 0 aromatic carbocycles. The number of carboxylic acids is 1. The van der Waals surface area contributed by atoms with E-state index in [0.29, 0.717) is 24.2 Å². The summed E-state index contributed by atoms with van der Waals surface area (Å²) in [5.41, 5.74) is 17.7. The van der Waals surface area contributed by atoms with Crippen molar-refractivity contribution in [1.82, 2.24) is 35.9 Å². The summed E-state index contributed by atoms with van der Waals surface area (Å²) in [6.07, 6.45) is 6.62. The van der Waals surface area contributed by atoms with E-state index in [1.165, 1.54) is 25.0 Å². The van der Waals surface area contributed by atoms with Gasteiger partial charge in [-0.2, -0.15) is 0 Å². The SMILES string of the molecule is CC(C)CC(N)C(=O)NC(Cc1cnc[nH]1)C(=O)NC(Cc1cnc[nH]1)C(=O)NC(CCCN=C(N)N)C(=O)O. The number of rotatable bonds is 17. The molecule has 4 atom stereocenters. The van der Waals surface area contributed by atoms with E-state index in [-0.39, 0.29) is 37.7 Å². The smallest absolute Gasteiger partial charge is 0.326 e. The second-order valence-electron chi connectivity index (χ2n) is 9.77. The highest BCUT2D eigenvalue weighted by Gasteiger charge is 2.31. The fourth-order valence-corrected chi connectivity index (χ4v) is 3.85. The molecule has 16 heteroatoms. The van der Waals surface area contributed by atoms with Gasteiger partial charge in [-0.05, 0) is 25.2 Å². The van der Waals surface area contributed by atoms with Crippen molar-refractivity contribution in [3.8, 4) is 0 Å². The van der Waals surface area contributed by atoms with Crippen LogP contribution >= 0.6 is 0 Å². The predicted octanol–water partition coefficient (Wildman–Crippen LogP) is -2.12. The van der Waals surface area contributed by atoms with E-state index < -0.39 is 47.9 Å². The van der Waals surface area contributed by atoms with Gasteiger partial charge in [0.25, 0.3) is 0 Å². The lowest BCUT2D eigenvalue weighted by Gasteiger charge is -2.25. The molecule has 2 heterocycles. The second kappa shape index (κ2) is 15.8. The highest BCUT2D eigenvalue weighted by atomic mass is 16.4. The van der Waals surface area contributed by atoms with Crippen molar-refractivity contribution in [2.45, 2.75) is 70.1 Å². The summed E-state index contributed by atoms with van der Waals surface area (Å²) in [4.78, 5) is 68.6. The van der Waals surface area contributed by atoms with Crippen LogP contribution in [0.3, 0.4) is 0 Å². The van der Waals surface area contributed by atoms with E-state index in [9.17, 15) is 24.3 Å². The number of aromatic nitrogens is 4. The molecule has 0 saturated carbocycles. The molecule has 0 bridgehead atoms. The van der Waals surface area contributed by atoms with E-state index in [1.807, 2.05) is 13.8 Å². The number of nitrogens with two attached hydrogens (primary N) is 3. The number of aromatic amines is 2. The van der Waals surface area contributed by atoms with Crippen LogP contribution in [-0.2, 0) is 32.0 Å². The Morgan fingerprint density at radius 3 is 1.82 bits per heavy atom. The molecule has 40 heavy (non-hydrogen) atoms. The number of aliphatic carboxylic acids is 1. The number of carbonyl (C=O) groups is 4. The highest BCUT2D eigenvalue weighted by Crippen LogP contribution is 2.07. The minimum Gasteiger partial charge on any atom is -0.480 e. The molecule has 3 amide bonds. The van der Waals surface area contributed by atoms with E-state index in [2.05, 4.69) is 40.9 Å². The lowest BCUT2D eigenvalue weighted by Crippen LogP contribution is -2.58. The van der Waals surface area contributed by atoms with Gasteiger partial charge < -0.3 is 48.2 Å². The van der Waals surface area contributed by atoms with Crippen molar-refractivity contribution in [3.05, 3.63) is 36.4 Å². The lowest BCUT2D eigenvalue weighted by molar-refractivity contribution is -0.142. The van der Waals surface area contributed by atoms with Crippen LogP contribution in [0, 0.1) is 5.92 Å². The number of carbonyl (C=O) groups excluding carboxylic acids is 3. The Morgan fingerprint density at radius 1 is 0.900 bits per heavy atom. The normalized spacial score (nSPS) is 14.0. The van der Waals surface area contributed by atoms with Gasteiger partial charge in [0.05, 0.1) is 18.7 Å². The first kappa shape index (κ1) is 31.7. The third-order valence-electron chi connectivity index (χ3n) is 5.85. The Balaban J connectivity index is 2.20. The fraction of sp³-hybridized carbons (Fsp3) is 0.542. The third-order valence-corrected chi connectivity index (χ3v) is 5.85. The summed E-state index contributed by atoms with van der Waals surface area (Å²) < 4.78 is 0. The number of H-pyrrole nitrogens is 2. The topological polar surface area (TPSA) is 272 Å². The Kier molecular flexibility index (Phi) is 12.6. The summed E-state index contributed by atoms with van der Waals surface area (Å²) in [5.74, 6) is -3.15. The summed E-state index contributed by atoms with van der Waals surface area (Å²) >= 11 is 0. The van der Waals surface area contributed by atoms with Crippen LogP contribution in [0.25, 0.3) is 0 Å². The third kappa shape index (κ3) is 11.1. The van der Waals surface area contributed by atoms with Crippen molar-refractivity contribution in [3.63, 3.8) is 0 Å². The minimum atomic E-state index is -1.26. The van der Waals surface area contributed by atoms with Crippen LogP contribution in [0.1, 0.15) is 44.5 Å². The number of guanidine groups is 1. The van der Waals surface area contributed by atoms with Gasteiger partial charge in [0.15, 0.2) is 5.96 Å². The van der Waals surface area contributed by atoms with Gasteiger partial charge in [0, 0.05) is 43.2 Å². The number of nitrogens with one attached hydrogen (secondary N) is 5. The molecule has 0 spiro atoms. The first-order valence-corrected chi connectivity index (χ1v) is 12.9. The molecular weight excluding hydrogens is 522 g/mol. The van der Waals surface area contributed by atoms with Crippen LogP contribution in [-0.4, -0.2) is 85.4 Å². The van der Waals surface area contributed by atoms with Crippen molar-refractivity contribution in [1.29, 1.82) is 0 Å². The van der Waals surface area contributed by atoms with Gasteiger partial charge >= 0.3 is 5.97 Å². The number of imidazole rings is 2. The number of hydrogen-bond acceptors (Lipinski definition) is 8. The average Bonchev–Trinajstić information content (AvgIpc) is 3.58. The monoisotopic (exact) mass is 561 g/mol. The molecule has 0 aliphatic rings. The molecule has 16 nitrogen and oxygen atoms in total. The second-order valence-corrected chi connectivity index (χ2v) is 9.77. The van der Waals surface area contributed by atoms with Gasteiger partial charge in [-0.15, -0.1) is 0 Å². The highest BCUT2D eigenvalue weighted by molar-refractivity contribution is 5.94. The maximum Gasteiger partial charge on any atom is 0.326 e. The van der Waals surface area contributed by atoms with Crippen molar-refractivity contribution < 1.29 is 24.3 Å². The maximum atomic E-state index is 13.4. The molecule has 4 unspecified atom stereocenters. The summed E-state index contributed by atoms with van der Waals surface area (Å²) in [7, 11) is 0. The molecule has 220 valence electrons. The zero-order chi connectivity index (χ0) is 29.7. The van der Waals surface area contributed by atoms with Crippen molar-refractivity contribution in [2.24, 2.45) is 28.1 Å². The largest absolute Gasteiger partial charge is 0.480 e. The standard InChI is InChI=1S/C24H39N11O5/c1-13(2)6-16(25)20(36)34-18(7-14-9-28-11-31-14)22(38)35-19(8-15-10-29-12-32-15)21(37)33-17(23(39)40)4-3-5-30-24(26)27/h9-13,16-19H,3-8,25H2,1-2H3,(H,28,31)(H,29,32)(H,33,37)(H,34,36)(H,35,38)(H,39,40)(H4,26,27,30). The Bertz CT molecular complexity index is 1110. The minimum absolute atomic E-state index is 0.0184. The van der Waals surface area contributed by atoms with E-state index in [4.69, 9.17) is 17.2 Å². The van der Waals surface area contributed by atoms with Crippen LogP contribution in [0.4, 0.5) is 0 Å². The number of nitrogens with zero attached hydrogens (tertiary/aromatic N) is 3. The maximum absolute atomic E-state index is 13.4. The van der Waals surface area contributed by atoms with Gasteiger partial charge in [0.2, 0.25) is 17.7 Å². The van der Waals surface area contributed by atoms with E-state index in [1.54, 1.807) is 0 Å². The molecule has 12 N–H and O–H groups in total. The van der Waals surface area contributed by atoms with Gasteiger partial charge in [0.1, 0.15) is 18.1 Å². The average molecular weight is 562 g/mol. The molecule has 0 radical (unpaired) electrons. The molecule has 0 fully saturated rings. The Hall–Kier alpha value is -4.47. The summed E-state index contributed by atoms with van der Waals surface area (Å²) in [5, 5.41) is 17.4. The molecule has 2 rings (SSSR count). The molecule has 2 aromatic heterocycles. The summed E-state index contributed by atoms with van der Waals surface area (Å²) in [6.45, 7) is 4.03. The van der Waals surface area contributed by atoms with Crippen molar-refractivity contribution >= 4 is 29.7 Å². The Labute approximate surface area is 231 Å². The van der Waals surface area contributed by atoms with Crippen LogP contribution in [0.15, 0.2) is 30.0 Å². The molecular formula is C24H39N11O5. The van der Waals surface area contributed by atoms with Gasteiger partial charge in [-0.25, -0.2) is 14.8 Å². The molecule has 0 aliphatic carbocycles. The molecule has 0 saturated heterocycles. The van der Waals surface area contributed by atoms with E-state index >= 15 is 0 Å². The Morgan fingerprint density at radius 2 is 1.40 bits per heavy atom. The lowest BCUT2D eigenvalue weighted by atomic mass is 10.0.